The molecule has 1 aliphatic rings. The van der Waals surface area contributed by atoms with E-state index in [1.54, 1.807) is 0 Å². The Bertz CT molecular complexity index is 1010. The van der Waals surface area contributed by atoms with E-state index in [9.17, 15) is 39.9 Å². The summed E-state index contributed by atoms with van der Waals surface area (Å²) in [5.74, 6) is -3.12. The molecule has 14 nitrogen and oxygen atoms in total. The standard InChI is InChI=1S/C19H20N4O10/c1-11-15(18(24)32-8-6-21(26)27)17(13-4-3-5-14(10-13)23(30)31)16(12(2)20-11)19(25)33-9-7-22(28)29/h3-5,10,17,20H,6-9H2,1-2H3. The van der Waals surface area contributed by atoms with Crippen molar-refractivity contribution in [2.75, 3.05) is 26.3 Å². The maximum atomic E-state index is 12.8. The molecule has 2 rings (SSSR count). The summed E-state index contributed by atoms with van der Waals surface area (Å²) in [4.78, 5) is 56.0. The van der Waals surface area contributed by atoms with Gasteiger partial charge in [-0.2, -0.15) is 0 Å². The molecule has 0 saturated carbocycles. The van der Waals surface area contributed by atoms with Crippen molar-refractivity contribution < 1.29 is 33.8 Å². The molecule has 0 unspecified atom stereocenters. The van der Waals surface area contributed by atoms with E-state index in [1.165, 1.54) is 38.1 Å². The van der Waals surface area contributed by atoms with Crippen molar-refractivity contribution >= 4 is 17.6 Å². The molecule has 0 amide bonds. The number of carbonyl (C=O) groups excluding carboxylic acids is 2. The number of hydrogen-bond acceptors (Lipinski definition) is 11. The lowest BCUT2D eigenvalue weighted by Crippen LogP contribution is -2.33. The molecule has 0 atom stereocenters. The average molecular weight is 464 g/mol. The summed E-state index contributed by atoms with van der Waals surface area (Å²) in [6, 6.07) is 5.22. The summed E-state index contributed by atoms with van der Waals surface area (Å²) in [5.41, 5.74) is 0.195. The first-order valence-electron chi connectivity index (χ1n) is 9.53. The van der Waals surface area contributed by atoms with Crippen molar-refractivity contribution in [3.05, 3.63) is 82.7 Å². The van der Waals surface area contributed by atoms with Crippen LogP contribution in [0.25, 0.3) is 0 Å². The van der Waals surface area contributed by atoms with E-state index in [1.807, 2.05) is 0 Å². The summed E-state index contributed by atoms with van der Waals surface area (Å²) >= 11 is 0. The number of dihydropyridines is 1. The first-order valence-corrected chi connectivity index (χ1v) is 9.53. The molecule has 0 saturated heterocycles. The molecule has 0 aromatic heterocycles. The minimum absolute atomic E-state index is 0.106. The predicted molar refractivity (Wildman–Crippen MR) is 110 cm³/mol. The molecular formula is C19H20N4O10. The van der Waals surface area contributed by atoms with Crippen LogP contribution in [-0.4, -0.2) is 53.0 Å². The molecule has 176 valence electrons. The van der Waals surface area contributed by atoms with Crippen LogP contribution in [0.1, 0.15) is 25.3 Å². The molecule has 0 fully saturated rings. The number of nitro benzene ring substituents is 1. The fraction of sp³-hybridized carbons (Fsp3) is 0.368. The minimum atomic E-state index is -1.18. The van der Waals surface area contributed by atoms with Gasteiger partial charge in [0.25, 0.3) is 5.69 Å². The third kappa shape index (κ3) is 6.32. The van der Waals surface area contributed by atoms with E-state index in [4.69, 9.17) is 9.47 Å². The van der Waals surface area contributed by atoms with Crippen molar-refractivity contribution in [3.63, 3.8) is 0 Å². The maximum Gasteiger partial charge on any atom is 0.336 e. The Morgan fingerprint density at radius 3 is 1.82 bits per heavy atom. The van der Waals surface area contributed by atoms with E-state index in [2.05, 4.69) is 5.32 Å². The fourth-order valence-corrected chi connectivity index (χ4v) is 3.27. The number of rotatable bonds is 10. The Morgan fingerprint density at radius 2 is 1.39 bits per heavy atom. The number of nitrogens with zero attached hydrogens (tertiary/aromatic N) is 3. The Labute approximate surface area is 186 Å². The summed E-state index contributed by atoms with van der Waals surface area (Å²) in [6.45, 7) is 0.667. The van der Waals surface area contributed by atoms with Crippen LogP contribution in [0.15, 0.2) is 46.8 Å². The number of carbonyl (C=O) groups is 2. The second-order valence-corrected chi connectivity index (χ2v) is 6.87. The molecule has 0 bridgehead atoms. The number of allylic oxidation sites excluding steroid dienone is 2. The largest absolute Gasteiger partial charge is 0.455 e. The highest BCUT2D eigenvalue weighted by molar-refractivity contribution is 6.00. The summed E-state index contributed by atoms with van der Waals surface area (Å²) in [5, 5.41) is 35.2. The van der Waals surface area contributed by atoms with Gasteiger partial charge in [-0.15, -0.1) is 0 Å². The molecule has 0 aliphatic carbocycles. The van der Waals surface area contributed by atoms with Crippen molar-refractivity contribution in [1.29, 1.82) is 0 Å². The molecule has 14 heteroatoms. The number of hydrogen-bond donors (Lipinski definition) is 1. The van der Waals surface area contributed by atoms with Crippen molar-refractivity contribution in [3.8, 4) is 0 Å². The van der Waals surface area contributed by atoms with E-state index < -0.39 is 58.9 Å². The van der Waals surface area contributed by atoms with Gasteiger partial charge in [0.2, 0.25) is 13.1 Å². The molecule has 1 aromatic rings. The van der Waals surface area contributed by atoms with Crippen LogP contribution in [-0.2, 0) is 19.1 Å². The molecule has 1 aliphatic heterocycles. The smallest absolute Gasteiger partial charge is 0.336 e. The lowest BCUT2D eigenvalue weighted by molar-refractivity contribution is -0.482. The average Bonchev–Trinajstić information content (AvgIpc) is 2.72. The van der Waals surface area contributed by atoms with Gasteiger partial charge in [0.1, 0.15) is 0 Å². The Morgan fingerprint density at radius 1 is 0.909 bits per heavy atom. The highest BCUT2D eigenvalue weighted by atomic mass is 16.6. The maximum absolute atomic E-state index is 12.8. The number of benzene rings is 1. The van der Waals surface area contributed by atoms with Crippen molar-refractivity contribution in [2.45, 2.75) is 19.8 Å². The van der Waals surface area contributed by atoms with Gasteiger partial charge < -0.3 is 14.8 Å². The lowest BCUT2D eigenvalue weighted by atomic mass is 9.80. The Balaban J connectivity index is 2.52. The SMILES string of the molecule is CC1=C(C(=O)OCC[N+](=O)[O-])C(c2cccc([N+](=O)[O-])c2)C(C(=O)OCC[N+](=O)[O-])=C(C)N1. The molecule has 0 spiro atoms. The van der Waals surface area contributed by atoms with Gasteiger partial charge in [-0.3, -0.25) is 30.3 Å². The van der Waals surface area contributed by atoms with Crippen molar-refractivity contribution in [2.24, 2.45) is 0 Å². The van der Waals surface area contributed by atoms with Gasteiger partial charge >= 0.3 is 11.9 Å². The van der Waals surface area contributed by atoms with Crippen molar-refractivity contribution in [1.82, 2.24) is 5.32 Å². The van der Waals surface area contributed by atoms with Crippen LogP contribution >= 0.6 is 0 Å². The molecule has 0 radical (unpaired) electrons. The molecule has 33 heavy (non-hydrogen) atoms. The summed E-state index contributed by atoms with van der Waals surface area (Å²) in [6.07, 6.45) is 0. The monoisotopic (exact) mass is 464 g/mol. The van der Waals surface area contributed by atoms with Crippen LogP contribution < -0.4 is 5.32 Å². The van der Waals surface area contributed by atoms with Gasteiger partial charge in [0, 0.05) is 33.4 Å². The zero-order chi connectivity index (χ0) is 24.7. The van der Waals surface area contributed by atoms with Gasteiger partial charge in [0.15, 0.2) is 13.2 Å². The van der Waals surface area contributed by atoms with Gasteiger partial charge in [-0.25, -0.2) is 9.59 Å². The number of ether oxygens (including phenoxy) is 2. The van der Waals surface area contributed by atoms with E-state index >= 15 is 0 Å². The summed E-state index contributed by atoms with van der Waals surface area (Å²) in [7, 11) is 0. The third-order valence-corrected chi connectivity index (χ3v) is 4.63. The van der Waals surface area contributed by atoms with Crippen LogP contribution in [0, 0.1) is 30.3 Å². The van der Waals surface area contributed by atoms with Crippen LogP contribution in [0.2, 0.25) is 0 Å². The fourth-order valence-electron chi connectivity index (χ4n) is 3.27. The van der Waals surface area contributed by atoms with E-state index in [0.29, 0.717) is 0 Å². The summed E-state index contributed by atoms with van der Waals surface area (Å²) < 4.78 is 9.98. The molecule has 1 N–H and O–H groups in total. The van der Waals surface area contributed by atoms with E-state index in [0.717, 1.165) is 0 Å². The molecular weight excluding hydrogens is 444 g/mol. The Hall–Kier alpha value is -4.36. The van der Waals surface area contributed by atoms with Crippen LogP contribution in [0.5, 0.6) is 0 Å². The normalized spacial score (nSPS) is 13.9. The topological polar surface area (TPSA) is 194 Å². The quantitative estimate of drug-likeness (QED) is 0.299. The van der Waals surface area contributed by atoms with Crippen LogP contribution in [0.3, 0.4) is 0 Å². The molecule has 1 aromatic carbocycles. The first kappa shape index (κ1) is 24.9. The first-order chi connectivity index (χ1) is 15.5. The number of nitrogens with one attached hydrogen (secondary N) is 1. The highest BCUT2D eigenvalue weighted by Gasteiger charge is 2.38. The second-order valence-electron chi connectivity index (χ2n) is 6.87. The van der Waals surface area contributed by atoms with Gasteiger partial charge in [-0.05, 0) is 19.4 Å². The second kappa shape index (κ2) is 10.8. The molecule has 1 heterocycles. The lowest BCUT2D eigenvalue weighted by Gasteiger charge is -2.30. The van der Waals surface area contributed by atoms with Crippen LogP contribution in [0.4, 0.5) is 5.69 Å². The zero-order valence-corrected chi connectivity index (χ0v) is 17.6. The van der Waals surface area contributed by atoms with E-state index in [-0.39, 0.29) is 33.8 Å². The minimum Gasteiger partial charge on any atom is -0.455 e. The third-order valence-electron chi connectivity index (χ3n) is 4.63. The number of esters is 2. The van der Waals surface area contributed by atoms with Gasteiger partial charge in [-0.1, -0.05) is 12.1 Å². The number of nitro groups is 3. The number of non-ortho nitro benzene ring substituents is 1. The zero-order valence-electron chi connectivity index (χ0n) is 17.6. The predicted octanol–water partition coefficient (Wildman–Crippen LogP) is 1.47. The highest BCUT2D eigenvalue weighted by Crippen LogP contribution is 2.40. The van der Waals surface area contributed by atoms with Gasteiger partial charge in [0.05, 0.1) is 22.0 Å². The Kier molecular flexibility index (Phi) is 8.14.